The third-order valence-electron chi connectivity index (χ3n) is 4.73. The van der Waals surface area contributed by atoms with Crippen LogP contribution in [0, 0.1) is 0 Å². The van der Waals surface area contributed by atoms with Crippen LogP contribution in [0.5, 0.6) is 0 Å². The highest BCUT2D eigenvalue weighted by Gasteiger charge is 2.39. The minimum atomic E-state index is -1.64. The number of hydrogen-bond acceptors (Lipinski definition) is 8. The van der Waals surface area contributed by atoms with Gasteiger partial charge in [0.15, 0.2) is 0 Å². The number of carbonyl (C=O) groups is 5. The van der Waals surface area contributed by atoms with Crippen molar-refractivity contribution in [2.24, 2.45) is 11.5 Å². The number of rotatable bonds is 10. The highest BCUT2D eigenvalue weighted by Crippen LogP contribution is 2.19. The SMILES string of the molecule is CC(O)C(N)C(=O)N1CCCC1C(=O)NC(C(=O)NC(CC(N)=O)C(=O)O)C(C)O. The van der Waals surface area contributed by atoms with E-state index in [0.29, 0.717) is 6.42 Å². The molecule has 1 aliphatic heterocycles. The molecule has 0 aliphatic carbocycles. The number of amides is 4. The van der Waals surface area contributed by atoms with Crippen molar-refractivity contribution in [1.29, 1.82) is 0 Å². The van der Waals surface area contributed by atoms with Crippen LogP contribution in [0.25, 0.3) is 0 Å². The van der Waals surface area contributed by atoms with Crippen LogP contribution >= 0.6 is 0 Å². The summed E-state index contributed by atoms with van der Waals surface area (Å²) in [7, 11) is 0. The second-order valence-corrected chi connectivity index (χ2v) is 7.25. The van der Waals surface area contributed by atoms with Gasteiger partial charge in [0.25, 0.3) is 0 Å². The predicted octanol–water partition coefficient (Wildman–Crippen LogP) is -4.00. The maximum absolute atomic E-state index is 12.7. The molecule has 6 unspecified atom stereocenters. The molecule has 0 aromatic carbocycles. The molecule has 1 fully saturated rings. The van der Waals surface area contributed by atoms with Crippen LogP contribution in [-0.4, -0.2) is 92.7 Å². The van der Waals surface area contributed by atoms with E-state index in [2.05, 4.69) is 5.32 Å². The molecule has 0 saturated carbocycles. The van der Waals surface area contributed by atoms with Crippen molar-refractivity contribution < 1.29 is 39.3 Å². The summed E-state index contributed by atoms with van der Waals surface area (Å²) in [4.78, 5) is 60.8. The Morgan fingerprint density at radius 2 is 1.70 bits per heavy atom. The van der Waals surface area contributed by atoms with E-state index < -0.39 is 72.4 Å². The molecule has 1 saturated heterocycles. The number of nitrogens with one attached hydrogen (secondary N) is 2. The lowest BCUT2D eigenvalue weighted by molar-refractivity contribution is -0.145. The zero-order valence-corrected chi connectivity index (χ0v) is 16.8. The van der Waals surface area contributed by atoms with Crippen molar-refractivity contribution in [2.45, 2.75) is 69.5 Å². The molecule has 0 radical (unpaired) electrons. The Morgan fingerprint density at radius 1 is 1.10 bits per heavy atom. The van der Waals surface area contributed by atoms with E-state index >= 15 is 0 Å². The van der Waals surface area contributed by atoms with Crippen molar-refractivity contribution in [3.63, 3.8) is 0 Å². The Morgan fingerprint density at radius 3 is 2.17 bits per heavy atom. The summed E-state index contributed by atoms with van der Waals surface area (Å²) in [5.41, 5.74) is 10.6. The van der Waals surface area contributed by atoms with Crippen LogP contribution in [0.15, 0.2) is 0 Å². The molecule has 0 bridgehead atoms. The number of nitrogens with zero attached hydrogens (tertiary/aromatic N) is 1. The molecule has 6 atom stereocenters. The summed E-state index contributed by atoms with van der Waals surface area (Å²) in [6.07, 6.45) is -2.46. The molecule has 170 valence electrons. The Hall–Kier alpha value is -2.77. The molecule has 13 heteroatoms. The first-order valence-electron chi connectivity index (χ1n) is 9.40. The van der Waals surface area contributed by atoms with Crippen molar-refractivity contribution >= 4 is 29.6 Å². The fourth-order valence-corrected chi connectivity index (χ4v) is 3.02. The lowest BCUT2D eigenvalue weighted by atomic mass is 10.1. The van der Waals surface area contributed by atoms with E-state index in [1.165, 1.54) is 18.7 Å². The Labute approximate surface area is 172 Å². The molecule has 9 N–H and O–H groups in total. The third kappa shape index (κ3) is 6.64. The van der Waals surface area contributed by atoms with Crippen molar-refractivity contribution in [3.05, 3.63) is 0 Å². The molecule has 4 amide bonds. The first-order valence-corrected chi connectivity index (χ1v) is 9.40. The molecular weight excluding hydrogens is 402 g/mol. The van der Waals surface area contributed by atoms with E-state index in [0.717, 1.165) is 0 Å². The minimum Gasteiger partial charge on any atom is -0.480 e. The number of nitrogens with two attached hydrogens (primary N) is 2. The summed E-state index contributed by atoms with van der Waals surface area (Å²) in [6.45, 7) is 2.77. The standard InChI is InChI=1S/C17H29N5O8/c1-7(23)12(19)16(28)22-5-3-4-10(22)14(26)21-13(8(2)24)15(27)20-9(17(29)30)6-11(18)25/h7-10,12-13,23-24H,3-6,19H2,1-2H3,(H2,18,25)(H,20,27)(H,21,26)(H,29,30). The van der Waals surface area contributed by atoms with Gasteiger partial charge in [0.2, 0.25) is 23.6 Å². The summed E-state index contributed by atoms with van der Waals surface area (Å²) in [5, 5.41) is 32.9. The highest BCUT2D eigenvalue weighted by atomic mass is 16.4. The highest BCUT2D eigenvalue weighted by molar-refractivity contribution is 5.95. The normalized spacial score (nSPS) is 21.1. The van der Waals surface area contributed by atoms with Gasteiger partial charge in [0.05, 0.1) is 18.6 Å². The van der Waals surface area contributed by atoms with E-state index in [4.69, 9.17) is 16.6 Å². The van der Waals surface area contributed by atoms with Crippen LogP contribution in [0.1, 0.15) is 33.1 Å². The number of aliphatic carboxylic acids is 1. The second-order valence-electron chi connectivity index (χ2n) is 7.25. The minimum absolute atomic E-state index is 0.225. The van der Waals surface area contributed by atoms with Gasteiger partial charge in [-0.25, -0.2) is 4.79 Å². The number of carboxylic acids is 1. The average Bonchev–Trinajstić information content (AvgIpc) is 3.12. The molecule has 0 aromatic rings. The fourth-order valence-electron chi connectivity index (χ4n) is 3.02. The van der Waals surface area contributed by atoms with Gasteiger partial charge in [-0.2, -0.15) is 0 Å². The van der Waals surface area contributed by atoms with Gasteiger partial charge in [-0.05, 0) is 26.7 Å². The second kappa shape index (κ2) is 10.8. The van der Waals surface area contributed by atoms with Gasteiger partial charge in [0.1, 0.15) is 24.2 Å². The Kier molecular flexibility index (Phi) is 9.14. The van der Waals surface area contributed by atoms with Crippen LogP contribution in [0.4, 0.5) is 0 Å². The average molecular weight is 431 g/mol. The summed E-state index contributed by atoms with van der Waals surface area (Å²) in [5.74, 6) is -4.90. The molecule has 0 aromatic heterocycles. The van der Waals surface area contributed by atoms with Gasteiger partial charge in [-0.3, -0.25) is 19.2 Å². The van der Waals surface area contributed by atoms with Crippen molar-refractivity contribution in [3.8, 4) is 0 Å². The number of aliphatic hydroxyl groups is 2. The van der Waals surface area contributed by atoms with Crippen LogP contribution in [0.3, 0.4) is 0 Å². The maximum Gasteiger partial charge on any atom is 0.326 e. The Balaban J connectivity index is 2.90. The smallest absolute Gasteiger partial charge is 0.326 e. The Bertz CT molecular complexity index is 683. The maximum atomic E-state index is 12.7. The number of hydrogen-bond donors (Lipinski definition) is 7. The van der Waals surface area contributed by atoms with Crippen LogP contribution in [0.2, 0.25) is 0 Å². The largest absolute Gasteiger partial charge is 0.480 e. The monoisotopic (exact) mass is 431 g/mol. The first kappa shape index (κ1) is 25.3. The number of carbonyl (C=O) groups excluding carboxylic acids is 4. The number of primary amides is 1. The van der Waals surface area contributed by atoms with Crippen LogP contribution in [-0.2, 0) is 24.0 Å². The third-order valence-corrected chi connectivity index (χ3v) is 4.73. The van der Waals surface area contributed by atoms with Gasteiger partial charge in [-0.15, -0.1) is 0 Å². The van der Waals surface area contributed by atoms with E-state index in [-0.39, 0.29) is 13.0 Å². The summed E-state index contributed by atoms with van der Waals surface area (Å²) >= 11 is 0. The van der Waals surface area contributed by atoms with Gasteiger partial charge in [-0.1, -0.05) is 0 Å². The van der Waals surface area contributed by atoms with E-state index in [9.17, 15) is 34.2 Å². The quantitative estimate of drug-likeness (QED) is 0.178. The van der Waals surface area contributed by atoms with E-state index in [1.54, 1.807) is 0 Å². The van der Waals surface area contributed by atoms with Gasteiger partial charge >= 0.3 is 5.97 Å². The summed E-state index contributed by atoms with van der Waals surface area (Å²) in [6, 6.07) is -5.38. The molecular formula is C17H29N5O8. The molecule has 1 rings (SSSR count). The molecule has 1 aliphatic rings. The number of likely N-dealkylation sites (tertiary alicyclic amines) is 1. The van der Waals surface area contributed by atoms with Gasteiger partial charge < -0.3 is 42.3 Å². The predicted molar refractivity (Wildman–Crippen MR) is 101 cm³/mol. The molecule has 1 heterocycles. The lowest BCUT2D eigenvalue weighted by Crippen LogP contribution is -2.60. The van der Waals surface area contributed by atoms with Crippen molar-refractivity contribution in [1.82, 2.24) is 15.5 Å². The number of aliphatic hydroxyl groups excluding tert-OH is 2. The molecule has 13 nitrogen and oxygen atoms in total. The molecule has 30 heavy (non-hydrogen) atoms. The van der Waals surface area contributed by atoms with Crippen LogP contribution < -0.4 is 22.1 Å². The fraction of sp³-hybridized carbons (Fsp3) is 0.706. The zero-order valence-electron chi connectivity index (χ0n) is 16.8. The molecule has 0 spiro atoms. The van der Waals surface area contributed by atoms with E-state index in [1.807, 2.05) is 5.32 Å². The van der Waals surface area contributed by atoms with Gasteiger partial charge in [0, 0.05) is 6.54 Å². The van der Waals surface area contributed by atoms with Crippen molar-refractivity contribution in [2.75, 3.05) is 6.54 Å². The number of carboxylic acid groups (broad SMARTS) is 1. The summed E-state index contributed by atoms with van der Waals surface area (Å²) < 4.78 is 0. The topological polar surface area (TPSA) is 225 Å². The zero-order chi connectivity index (χ0) is 23.2. The lowest BCUT2D eigenvalue weighted by Gasteiger charge is -2.29. The first-order chi connectivity index (χ1) is 13.9.